The first-order valence-corrected chi connectivity index (χ1v) is 16.6. The average molecular weight is 630 g/mol. The summed E-state index contributed by atoms with van der Waals surface area (Å²) in [5.74, 6) is -0.567. The van der Waals surface area contributed by atoms with Crippen molar-refractivity contribution in [3.63, 3.8) is 0 Å². The van der Waals surface area contributed by atoms with Gasteiger partial charge in [0.15, 0.2) is 5.78 Å². The second-order valence-corrected chi connectivity index (χ2v) is 11.6. The first kappa shape index (κ1) is 35.3. The van der Waals surface area contributed by atoms with Crippen LogP contribution in [-0.2, 0) is 23.9 Å². The number of nitrogens with zero attached hydrogens (tertiary/aromatic N) is 1. The Morgan fingerprint density at radius 1 is 0.733 bits per heavy atom. The molecule has 0 saturated carbocycles. The van der Waals surface area contributed by atoms with Crippen molar-refractivity contribution < 1.29 is 28.7 Å². The highest BCUT2D eigenvalue weighted by atomic mass is 32.2. The standard InChI is InChI=1S/C37H43NO6S/c1-3-5-24-38(25-23-36(41)44-27-12-7-6-11-26-43-35(40)4-2)34(39)28-45-33-21-19-32(20-22-33)37(42)31-17-15-30(16-18-31)29-13-9-8-10-14-29/h4,8-10,13-22H,2-3,5-7,11-12,23-28H2,1H3. The Hall–Kier alpha value is -4.17. The van der Waals surface area contributed by atoms with E-state index in [2.05, 4.69) is 13.5 Å². The number of esters is 2. The van der Waals surface area contributed by atoms with Gasteiger partial charge < -0.3 is 14.4 Å². The van der Waals surface area contributed by atoms with Crippen LogP contribution in [0.1, 0.15) is 67.8 Å². The number of benzene rings is 3. The fourth-order valence-electron chi connectivity index (χ4n) is 4.53. The van der Waals surface area contributed by atoms with Gasteiger partial charge in [0.05, 0.1) is 25.4 Å². The molecule has 3 aromatic rings. The predicted molar refractivity (Wildman–Crippen MR) is 179 cm³/mol. The molecule has 0 spiro atoms. The van der Waals surface area contributed by atoms with Gasteiger partial charge in [0, 0.05) is 35.2 Å². The van der Waals surface area contributed by atoms with E-state index in [9.17, 15) is 19.2 Å². The van der Waals surface area contributed by atoms with E-state index < -0.39 is 5.97 Å². The maximum Gasteiger partial charge on any atom is 0.330 e. The van der Waals surface area contributed by atoms with E-state index in [0.717, 1.165) is 60.6 Å². The van der Waals surface area contributed by atoms with E-state index in [0.29, 0.717) is 37.4 Å². The van der Waals surface area contributed by atoms with Crippen molar-refractivity contribution in [2.45, 2.75) is 56.8 Å². The lowest BCUT2D eigenvalue weighted by atomic mass is 9.99. The summed E-state index contributed by atoms with van der Waals surface area (Å²) in [5, 5.41) is 0. The molecule has 0 atom stereocenters. The Kier molecular flexibility index (Phi) is 15.7. The fraction of sp³-hybridized carbons (Fsp3) is 0.351. The normalized spacial score (nSPS) is 10.6. The molecule has 3 rings (SSSR count). The Balaban J connectivity index is 1.40. The molecule has 0 aliphatic carbocycles. The summed E-state index contributed by atoms with van der Waals surface area (Å²) < 4.78 is 10.3. The van der Waals surface area contributed by atoms with E-state index in [1.54, 1.807) is 17.0 Å². The molecule has 0 bridgehead atoms. The zero-order valence-electron chi connectivity index (χ0n) is 26.1. The quantitative estimate of drug-likeness (QED) is 0.0420. The van der Waals surface area contributed by atoms with Gasteiger partial charge >= 0.3 is 11.9 Å². The van der Waals surface area contributed by atoms with Gasteiger partial charge in [-0.05, 0) is 67.5 Å². The highest BCUT2D eigenvalue weighted by Crippen LogP contribution is 2.23. The molecule has 0 radical (unpaired) electrons. The number of amides is 1. The van der Waals surface area contributed by atoms with E-state index >= 15 is 0 Å². The largest absolute Gasteiger partial charge is 0.466 e. The molecule has 0 aliphatic heterocycles. The molecule has 0 saturated heterocycles. The molecule has 0 aromatic heterocycles. The summed E-state index contributed by atoms with van der Waals surface area (Å²) in [6.45, 7) is 7.03. The molecular weight excluding hydrogens is 586 g/mol. The predicted octanol–water partition coefficient (Wildman–Crippen LogP) is 7.53. The van der Waals surface area contributed by atoms with Crippen molar-refractivity contribution in [1.82, 2.24) is 4.90 Å². The molecule has 45 heavy (non-hydrogen) atoms. The molecule has 0 heterocycles. The van der Waals surface area contributed by atoms with Gasteiger partial charge in [-0.1, -0.05) is 74.5 Å². The van der Waals surface area contributed by atoms with Crippen LogP contribution in [0.3, 0.4) is 0 Å². The average Bonchev–Trinajstić information content (AvgIpc) is 3.08. The number of carbonyl (C=O) groups excluding carboxylic acids is 4. The Morgan fingerprint density at radius 2 is 1.33 bits per heavy atom. The number of unbranched alkanes of at least 4 members (excludes halogenated alkanes) is 4. The molecule has 0 unspecified atom stereocenters. The van der Waals surface area contributed by atoms with Gasteiger partial charge in [0.1, 0.15) is 0 Å². The fourth-order valence-corrected chi connectivity index (χ4v) is 5.34. The van der Waals surface area contributed by atoms with Crippen molar-refractivity contribution in [1.29, 1.82) is 0 Å². The van der Waals surface area contributed by atoms with E-state index in [1.807, 2.05) is 66.7 Å². The summed E-state index contributed by atoms with van der Waals surface area (Å²) in [4.78, 5) is 52.0. The lowest BCUT2D eigenvalue weighted by molar-refractivity contribution is -0.144. The summed E-state index contributed by atoms with van der Waals surface area (Å²) >= 11 is 1.42. The van der Waals surface area contributed by atoms with Crippen LogP contribution in [0.4, 0.5) is 0 Å². The van der Waals surface area contributed by atoms with Gasteiger partial charge in [0.2, 0.25) is 5.91 Å². The van der Waals surface area contributed by atoms with E-state index in [-0.39, 0.29) is 29.8 Å². The summed E-state index contributed by atoms with van der Waals surface area (Å²) in [7, 11) is 0. The van der Waals surface area contributed by atoms with Gasteiger partial charge in [-0.15, -0.1) is 11.8 Å². The molecular formula is C37H43NO6S. The van der Waals surface area contributed by atoms with E-state index in [4.69, 9.17) is 9.47 Å². The minimum Gasteiger partial charge on any atom is -0.466 e. The second-order valence-electron chi connectivity index (χ2n) is 10.6. The van der Waals surface area contributed by atoms with Crippen LogP contribution in [-0.4, -0.2) is 60.6 Å². The molecule has 0 aliphatic rings. The molecule has 0 N–H and O–H groups in total. The van der Waals surface area contributed by atoms with Crippen LogP contribution >= 0.6 is 11.8 Å². The van der Waals surface area contributed by atoms with Crippen LogP contribution in [0.5, 0.6) is 0 Å². The number of thioether (sulfide) groups is 1. The van der Waals surface area contributed by atoms with Crippen molar-refractivity contribution in [2.75, 3.05) is 32.1 Å². The topological polar surface area (TPSA) is 90.0 Å². The van der Waals surface area contributed by atoms with Crippen LogP contribution in [0.25, 0.3) is 11.1 Å². The van der Waals surface area contributed by atoms with Crippen molar-refractivity contribution >= 4 is 35.4 Å². The lowest BCUT2D eigenvalue weighted by Gasteiger charge is -2.22. The second kappa shape index (κ2) is 20.0. The monoisotopic (exact) mass is 629 g/mol. The lowest BCUT2D eigenvalue weighted by Crippen LogP contribution is -2.35. The SMILES string of the molecule is C=CC(=O)OCCCCCCOC(=O)CCN(CCCC)C(=O)CSc1ccc(C(=O)c2ccc(-c3ccccc3)cc2)cc1. The third kappa shape index (κ3) is 12.8. The zero-order valence-corrected chi connectivity index (χ0v) is 26.9. The van der Waals surface area contributed by atoms with Gasteiger partial charge in [0.25, 0.3) is 0 Å². The molecule has 8 heteroatoms. The first-order chi connectivity index (χ1) is 21.9. The maximum atomic E-state index is 13.0. The van der Waals surface area contributed by atoms with Crippen molar-refractivity contribution in [3.05, 3.63) is 103 Å². The summed E-state index contributed by atoms with van der Waals surface area (Å²) in [5.41, 5.74) is 3.38. The van der Waals surface area contributed by atoms with Gasteiger partial charge in [-0.25, -0.2) is 4.79 Å². The number of ether oxygens (including phenoxy) is 2. The Labute approximate surface area is 271 Å². The highest BCUT2D eigenvalue weighted by molar-refractivity contribution is 8.00. The minimum atomic E-state index is -0.418. The van der Waals surface area contributed by atoms with Gasteiger partial charge in [-0.2, -0.15) is 0 Å². The number of ketones is 1. The Morgan fingerprint density at radius 3 is 1.96 bits per heavy atom. The molecule has 3 aromatic carbocycles. The third-order valence-corrected chi connectivity index (χ3v) is 8.16. The number of hydrogen-bond donors (Lipinski definition) is 0. The number of carbonyl (C=O) groups is 4. The minimum absolute atomic E-state index is 0.0305. The van der Waals surface area contributed by atoms with Crippen LogP contribution in [0.15, 0.2) is 96.4 Å². The molecule has 238 valence electrons. The van der Waals surface area contributed by atoms with Crippen molar-refractivity contribution in [2.24, 2.45) is 0 Å². The van der Waals surface area contributed by atoms with Crippen LogP contribution < -0.4 is 0 Å². The zero-order chi connectivity index (χ0) is 32.3. The molecule has 7 nitrogen and oxygen atoms in total. The van der Waals surface area contributed by atoms with Crippen molar-refractivity contribution in [3.8, 4) is 11.1 Å². The van der Waals surface area contributed by atoms with Crippen LogP contribution in [0, 0.1) is 0 Å². The smallest absolute Gasteiger partial charge is 0.330 e. The maximum absolute atomic E-state index is 13.0. The first-order valence-electron chi connectivity index (χ1n) is 15.6. The highest BCUT2D eigenvalue weighted by Gasteiger charge is 2.16. The number of rotatable bonds is 20. The summed E-state index contributed by atoms with van der Waals surface area (Å²) in [6, 6.07) is 25.0. The summed E-state index contributed by atoms with van der Waals surface area (Å²) in [6.07, 6.45) is 6.34. The number of hydrogen-bond acceptors (Lipinski definition) is 7. The van der Waals surface area contributed by atoms with Crippen LogP contribution in [0.2, 0.25) is 0 Å². The van der Waals surface area contributed by atoms with E-state index in [1.165, 1.54) is 11.8 Å². The molecule has 0 fully saturated rings. The molecule has 1 amide bonds. The van der Waals surface area contributed by atoms with Gasteiger partial charge in [-0.3, -0.25) is 14.4 Å². The third-order valence-electron chi connectivity index (χ3n) is 7.17. The Bertz CT molecular complexity index is 1370.